The molecule has 84 valence electrons. The molecule has 0 saturated carbocycles. The van der Waals surface area contributed by atoms with E-state index in [1.54, 1.807) is 23.1 Å². The molecule has 2 nitrogen and oxygen atoms in total. The Morgan fingerprint density at radius 3 is 2.67 bits per heavy atom. The van der Waals surface area contributed by atoms with Crippen LogP contribution in [-0.2, 0) is 5.75 Å². The minimum Gasteiger partial charge on any atom is -0.358 e. The van der Waals surface area contributed by atoms with Gasteiger partial charge in [-0.3, -0.25) is 0 Å². The molecular formula is C10H16N2S3. The molecule has 1 aromatic heterocycles. The highest BCUT2D eigenvalue weighted by Gasteiger charge is 2.07. The van der Waals surface area contributed by atoms with Gasteiger partial charge in [0.05, 0.1) is 10.7 Å². The minimum absolute atomic E-state index is 0.889. The van der Waals surface area contributed by atoms with Crippen LogP contribution in [0.15, 0.2) is 5.38 Å². The van der Waals surface area contributed by atoms with E-state index >= 15 is 0 Å². The van der Waals surface area contributed by atoms with Crippen LogP contribution in [0.2, 0.25) is 0 Å². The second-order valence-electron chi connectivity index (χ2n) is 3.08. The van der Waals surface area contributed by atoms with Gasteiger partial charge in [-0.25, -0.2) is 4.98 Å². The first-order chi connectivity index (χ1) is 7.17. The van der Waals surface area contributed by atoms with Crippen LogP contribution < -0.4 is 0 Å². The summed E-state index contributed by atoms with van der Waals surface area (Å²) < 4.78 is 0.977. The molecule has 0 N–H and O–H groups in total. The maximum absolute atomic E-state index is 5.34. The molecule has 5 heteroatoms. The molecule has 0 fully saturated rings. The van der Waals surface area contributed by atoms with Gasteiger partial charge in [0.15, 0.2) is 0 Å². The number of aromatic nitrogens is 1. The smallest absolute Gasteiger partial charge is 0.136 e. The lowest BCUT2D eigenvalue weighted by molar-refractivity contribution is 0.482. The summed E-state index contributed by atoms with van der Waals surface area (Å²) in [5, 5.41) is 3.23. The number of nitrogens with zero attached hydrogens (tertiary/aromatic N) is 2. The molecular weight excluding hydrogens is 244 g/mol. The Hall–Kier alpha value is -0.130. The predicted octanol–water partition coefficient (Wildman–Crippen LogP) is 3.31. The first-order valence-corrected chi connectivity index (χ1v) is 7.27. The van der Waals surface area contributed by atoms with Crippen LogP contribution in [-0.4, -0.2) is 27.3 Å². The van der Waals surface area contributed by atoms with E-state index < -0.39 is 0 Å². The topological polar surface area (TPSA) is 16.1 Å². The fraction of sp³-hybridized carbons (Fsp3) is 0.600. The SMILES string of the molecule is CCN(CC)C(=S)SCc1csc(C)n1. The van der Waals surface area contributed by atoms with Crippen molar-refractivity contribution in [2.75, 3.05) is 13.1 Å². The molecule has 0 aliphatic rings. The molecule has 15 heavy (non-hydrogen) atoms. The Morgan fingerprint density at radius 1 is 1.53 bits per heavy atom. The Morgan fingerprint density at radius 2 is 2.20 bits per heavy atom. The number of hydrogen-bond donors (Lipinski definition) is 0. The zero-order chi connectivity index (χ0) is 11.3. The molecule has 1 rings (SSSR count). The molecule has 0 radical (unpaired) electrons. The van der Waals surface area contributed by atoms with Gasteiger partial charge in [0.1, 0.15) is 4.32 Å². The van der Waals surface area contributed by atoms with Crippen molar-refractivity contribution in [2.24, 2.45) is 0 Å². The zero-order valence-corrected chi connectivity index (χ0v) is 11.8. The van der Waals surface area contributed by atoms with Crippen LogP contribution in [0.25, 0.3) is 0 Å². The summed E-state index contributed by atoms with van der Waals surface area (Å²) in [6.07, 6.45) is 0. The first-order valence-electron chi connectivity index (χ1n) is 5.00. The van der Waals surface area contributed by atoms with Gasteiger partial charge in [-0.05, 0) is 20.8 Å². The third-order valence-corrected chi connectivity index (χ3v) is 4.41. The lowest BCUT2D eigenvalue weighted by atomic mass is 10.6. The van der Waals surface area contributed by atoms with Gasteiger partial charge < -0.3 is 4.90 Å². The molecule has 0 unspecified atom stereocenters. The Kier molecular flexibility index (Phi) is 5.56. The van der Waals surface area contributed by atoms with E-state index in [1.807, 2.05) is 6.92 Å². The molecule has 0 atom stereocenters. The fourth-order valence-electron chi connectivity index (χ4n) is 1.18. The monoisotopic (exact) mass is 260 g/mol. The molecule has 0 bridgehead atoms. The third kappa shape index (κ3) is 4.09. The van der Waals surface area contributed by atoms with Crippen LogP contribution in [0.1, 0.15) is 24.5 Å². The van der Waals surface area contributed by atoms with E-state index in [0.717, 1.165) is 33.9 Å². The standard InChI is InChI=1S/C10H16N2S3/c1-4-12(5-2)10(13)15-7-9-6-14-8(3)11-9/h6H,4-5,7H2,1-3H3. The van der Waals surface area contributed by atoms with Crippen LogP contribution in [0, 0.1) is 6.92 Å². The highest BCUT2D eigenvalue weighted by molar-refractivity contribution is 8.22. The number of thiocarbonyl (C=S) groups is 1. The summed E-state index contributed by atoms with van der Waals surface area (Å²) in [4.78, 5) is 6.61. The summed E-state index contributed by atoms with van der Waals surface area (Å²) in [6, 6.07) is 0. The third-order valence-electron chi connectivity index (χ3n) is 2.03. The van der Waals surface area contributed by atoms with Gasteiger partial charge in [-0.2, -0.15) is 0 Å². The van der Waals surface area contributed by atoms with Gasteiger partial charge in [-0.1, -0.05) is 24.0 Å². The number of thioether (sulfide) groups is 1. The van der Waals surface area contributed by atoms with Gasteiger partial charge in [0.2, 0.25) is 0 Å². The first kappa shape index (κ1) is 12.9. The summed E-state index contributed by atoms with van der Waals surface area (Å²) in [6.45, 7) is 8.26. The maximum Gasteiger partial charge on any atom is 0.136 e. The van der Waals surface area contributed by atoms with Crippen molar-refractivity contribution in [1.82, 2.24) is 9.88 Å². The zero-order valence-electron chi connectivity index (χ0n) is 9.32. The van der Waals surface area contributed by atoms with Crippen molar-refractivity contribution >= 4 is 39.6 Å². The largest absolute Gasteiger partial charge is 0.358 e. The Bertz CT molecular complexity index is 318. The van der Waals surface area contributed by atoms with E-state index in [0.29, 0.717) is 0 Å². The summed E-state index contributed by atoms with van der Waals surface area (Å²) in [5.74, 6) is 0.889. The van der Waals surface area contributed by atoms with Crippen LogP contribution >= 0.6 is 35.3 Å². The maximum atomic E-state index is 5.34. The van der Waals surface area contributed by atoms with Gasteiger partial charge in [0, 0.05) is 24.2 Å². The number of aryl methyl sites for hydroxylation is 1. The van der Waals surface area contributed by atoms with Crippen LogP contribution in [0.5, 0.6) is 0 Å². The summed E-state index contributed by atoms with van der Waals surface area (Å²) >= 11 is 8.74. The van der Waals surface area contributed by atoms with E-state index in [2.05, 4.69) is 29.1 Å². The molecule has 0 spiro atoms. The molecule has 1 heterocycles. The molecule has 0 saturated heterocycles. The highest BCUT2D eigenvalue weighted by Crippen LogP contribution is 2.18. The second kappa shape index (κ2) is 6.45. The lowest BCUT2D eigenvalue weighted by Gasteiger charge is -2.20. The minimum atomic E-state index is 0.889. The van der Waals surface area contributed by atoms with Crippen molar-refractivity contribution in [2.45, 2.75) is 26.5 Å². The van der Waals surface area contributed by atoms with Gasteiger partial charge >= 0.3 is 0 Å². The molecule has 0 aliphatic carbocycles. The van der Waals surface area contributed by atoms with Crippen molar-refractivity contribution in [3.8, 4) is 0 Å². The van der Waals surface area contributed by atoms with Gasteiger partial charge in [-0.15, -0.1) is 11.3 Å². The van der Waals surface area contributed by atoms with Crippen molar-refractivity contribution in [3.05, 3.63) is 16.1 Å². The fourth-order valence-corrected chi connectivity index (χ4v) is 3.20. The van der Waals surface area contributed by atoms with Crippen molar-refractivity contribution in [1.29, 1.82) is 0 Å². The normalized spacial score (nSPS) is 10.3. The van der Waals surface area contributed by atoms with E-state index in [4.69, 9.17) is 12.2 Å². The molecule has 0 amide bonds. The summed E-state index contributed by atoms with van der Waals surface area (Å²) in [5.41, 5.74) is 1.14. The molecule has 1 aromatic rings. The highest BCUT2D eigenvalue weighted by atomic mass is 32.2. The number of hydrogen-bond acceptors (Lipinski definition) is 4. The average Bonchev–Trinajstić information content (AvgIpc) is 2.63. The molecule has 0 aromatic carbocycles. The Balaban J connectivity index is 2.40. The van der Waals surface area contributed by atoms with Crippen LogP contribution in [0.4, 0.5) is 0 Å². The van der Waals surface area contributed by atoms with Crippen molar-refractivity contribution in [3.63, 3.8) is 0 Å². The lowest BCUT2D eigenvalue weighted by Crippen LogP contribution is -2.26. The molecule has 0 aliphatic heterocycles. The van der Waals surface area contributed by atoms with Gasteiger partial charge in [0.25, 0.3) is 0 Å². The van der Waals surface area contributed by atoms with E-state index in [1.165, 1.54) is 0 Å². The van der Waals surface area contributed by atoms with Crippen LogP contribution in [0.3, 0.4) is 0 Å². The summed E-state index contributed by atoms with van der Waals surface area (Å²) in [7, 11) is 0. The van der Waals surface area contributed by atoms with E-state index in [-0.39, 0.29) is 0 Å². The Labute approximate surface area is 105 Å². The quantitative estimate of drug-likeness (QED) is 0.772. The van der Waals surface area contributed by atoms with Crippen molar-refractivity contribution < 1.29 is 0 Å². The second-order valence-corrected chi connectivity index (χ2v) is 5.76. The average molecular weight is 260 g/mol. The number of rotatable bonds is 4. The number of thiazole rings is 1. The van der Waals surface area contributed by atoms with E-state index in [9.17, 15) is 0 Å². The predicted molar refractivity (Wildman–Crippen MR) is 73.7 cm³/mol.